The van der Waals surface area contributed by atoms with E-state index in [1.807, 2.05) is 5.38 Å². The predicted molar refractivity (Wildman–Crippen MR) is 90.1 cm³/mol. The van der Waals surface area contributed by atoms with Crippen LogP contribution in [0.4, 0.5) is 0 Å². The molecule has 1 unspecified atom stereocenters. The van der Waals surface area contributed by atoms with Gasteiger partial charge in [0.15, 0.2) is 0 Å². The van der Waals surface area contributed by atoms with Crippen molar-refractivity contribution in [2.45, 2.75) is 59.0 Å². The molecule has 0 amide bonds. The van der Waals surface area contributed by atoms with E-state index in [2.05, 4.69) is 51.7 Å². The molecule has 0 saturated carbocycles. The Morgan fingerprint density at radius 3 is 2.24 bits per heavy atom. The van der Waals surface area contributed by atoms with Gasteiger partial charge in [-0.3, -0.25) is 0 Å². The molecule has 1 aromatic heterocycles. The number of aliphatic hydroxyl groups excluding tert-OH is 1. The van der Waals surface area contributed by atoms with Crippen LogP contribution in [0.3, 0.4) is 0 Å². The molecule has 0 saturated heterocycles. The highest BCUT2D eigenvalue weighted by Crippen LogP contribution is 2.27. The molecule has 2 nitrogen and oxygen atoms in total. The van der Waals surface area contributed by atoms with Crippen molar-refractivity contribution in [1.29, 1.82) is 0 Å². The van der Waals surface area contributed by atoms with Gasteiger partial charge in [0.2, 0.25) is 0 Å². The Kier molecular flexibility index (Phi) is 4.84. The Morgan fingerprint density at radius 1 is 1.14 bits per heavy atom. The standard InChI is InChI=1S/C18H25NOS/c1-12-8-14(18(3,4)5)9-13(2)16(12)10-15(20)11-17-19-6-7-21-17/h6-9,15,20H,10-11H2,1-5H3. The van der Waals surface area contributed by atoms with Crippen LogP contribution in [0.1, 0.15) is 48.0 Å². The Labute approximate surface area is 131 Å². The van der Waals surface area contributed by atoms with Gasteiger partial charge in [-0.25, -0.2) is 4.98 Å². The third-order valence-electron chi connectivity index (χ3n) is 3.90. The number of aromatic nitrogens is 1. The van der Waals surface area contributed by atoms with E-state index in [0.29, 0.717) is 12.8 Å². The van der Waals surface area contributed by atoms with E-state index < -0.39 is 0 Å². The van der Waals surface area contributed by atoms with E-state index in [-0.39, 0.29) is 11.5 Å². The van der Waals surface area contributed by atoms with Crippen molar-refractivity contribution in [2.24, 2.45) is 0 Å². The van der Waals surface area contributed by atoms with Gasteiger partial charge in [-0.05, 0) is 47.9 Å². The van der Waals surface area contributed by atoms with E-state index in [4.69, 9.17) is 0 Å². The molecule has 1 heterocycles. The summed E-state index contributed by atoms with van der Waals surface area (Å²) in [5.41, 5.74) is 5.34. The average Bonchev–Trinajstić information content (AvgIpc) is 2.85. The lowest BCUT2D eigenvalue weighted by molar-refractivity contribution is 0.175. The van der Waals surface area contributed by atoms with Crippen LogP contribution in [0.5, 0.6) is 0 Å². The van der Waals surface area contributed by atoms with Gasteiger partial charge in [0.25, 0.3) is 0 Å². The molecular formula is C18H25NOS. The maximum absolute atomic E-state index is 10.3. The van der Waals surface area contributed by atoms with Gasteiger partial charge in [-0.1, -0.05) is 32.9 Å². The second-order valence-electron chi connectivity index (χ2n) is 6.83. The monoisotopic (exact) mass is 303 g/mol. The van der Waals surface area contributed by atoms with Crippen molar-refractivity contribution in [3.8, 4) is 0 Å². The number of hydrogen-bond donors (Lipinski definition) is 1. The summed E-state index contributed by atoms with van der Waals surface area (Å²) in [4.78, 5) is 4.25. The molecule has 2 rings (SSSR count). The van der Waals surface area contributed by atoms with Crippen molar-refractivity contribution in [1.82, 2.24) is 4.98 Å². The van der Waals surface area contributed by atoms with E-state index in [1.54, 1.807) is 17.5 Å². The molecule has 0 spiro atoms. The minimum atomic E-state index is -0.367. The summed E-state index contributed by atoms with van der Waals surface area (Å²) in [5, 5.41) is 13.3. The fourth-order valence-electron chi connectivity index (χ4n) is 2.61. The molecule has 0 aliphatic rings. The lowest BCUT2D eigenvalue weighted by Gasteiger charge is -2.23. The van der Waals surface area contributed by atoms with Crippen LogP contribution in [-0.4, -0.2) is 16.2 Å². The van der Waals surface area contributed by atoms with E-state index >= 15 is 0 Å². The molecule has 114 valence electrons. The highest BCUT2D eigenvalue weighted by atomic mass is 32.1. The number of aliphatic hydroxyl groups is 1. The molecule has 1 N–H and O–H groups in total. The number of thiazole rings is 1. The van der Waals surface area contributed by atoms with Crippen LogP contribution in [0.2, 0.25) is 0 Å². The molecule has 0 aliphatic heterocycles. The van der Waals surface area contributed by atoms with Gasteiger partial charge in [0, 0.05) is 18.0 Å². The quantitative estimate of drug-likeness (QED) is 0.918. The van der Waals surface area contributed by atoms with Crippen molar-refractivity contribution in [3.05, 3.63) is 51.0 Å². The topological polar surface area (TPSA) is 33.1 Å². The van der Waals surface area contributed by atoms with Crippen LogP contribution in [0.25, 0.3) is 0 Å². The Hall–Kier alpha value is -1.19. The van der Waals surface area contributed by atoms with Gasteiger partial charge in [-0.2, -0.15) is 0 Å². The smallest absolute Gasteiger partial charge is 0.0950 e. The normalized spacial score (nSPS) is 13.4. The molecular weight excluding hydrogens is 278 g/mol. The fraction of sp³-hybridized carbons (Fsp3) is 0.500. The molecule has 3 heteroatoms. The van der Waals surface area contributed by atoms with Crippen molar-refractivity contribution in [2.75, 3.05) is 0 Å². The first-order chi connectivity index (χ1) is 9.77. The summed E-state index contributed by atoms with van der Waals surface area (Å²) in [6, 6.07) is 4.52. The number of hydrogen-bond acceptors (Lipinski definition) is 3. The first-order valence-corrected chi connectivity index (χ1v) is 8.32. The van der Waals surface area contributed by atoms with Gasteiger partial charge < -0.3 is 5.11 Å². The summed E-state index contributed by atoms with van der Waals surface area (Å²) < 4.78 is 0. The molecule has 0 bridgehead atoms. The lowest BCUT2D eigenvalue weighted by Crippen LogP contribution is -2.17. The number of nitrogens with zero attached hydrogens (tertiary/aromatic N) is 1. The van der Waals surface area contributed by atoms with Crippen LogP contribution in [0, 0.1) is 13.8 Å². The van der Waals surface area contributed by atoms with Crippen molar-refractivity contribution >= 4 is 11.3 Å². The molecule has 1 atom stereocenters. The van der Waals surface area contributed by atoms with E-state index in [9.17, 15) is 5.11 Å². The number of aryl methyl sites for hydroxylation is 2. The van der Waals surface area contributed by atoms with Gasteiger partial charge >= 0.3 is 0 Å². The molecule has 1 aromatic carbocycles. The zero-order valence-electron chi connectivity index (χ0n) is 13.6. The maximum atomic E-state index is 10.3. The largest absolute Gasteiger partial charge is 0.392 e. The van der Waals surface area contributed by atoms with Crippen molar-refractivity contribution in [3.63, 3.8) is 0 Å². The van der Waals surface area contributed by atoms with Gasteiger partial charge in [0.1, 0.15) is 0 Å². The molecule has 21 heavy (non-hydrogen) atoms. The summed E-state index contributed by atoms with van der Waals surface area (Å²) in [6.07, 6.45) is 2.76. The third kappa shape index (κ3) is 4.14. The SMILES string of the molecule is Cc1cc(C(C)(C)C)cc(C)c1CC(O)Cc1nccs1. The van der Waals surface area contributed by atoms with Crippen LogP contribution >= 0.6 is 11.3 Å². The highest BCUT2D eigenvalue weighted by Gasteiger charge is 2.18. The predicted octanol–water partition coefficient (Wildman–Crippen LogP) is 4.20. The summed E-state index contributed by atoms with van der Waals surface area (Å²) in [6.45, 7) is 11.0. The number of rotatable bonds is 4. The molecule has 0 radical (unpaired) electrons. The second-order valence-corrected chi connectivity index (χ2v) is 7.81. The minimum absolute atomic E-state index is 0.160. The summed E-state index contributed by atoms with van der Waals surface area (Å²) in [5.74, 6) is 0. The van der Waals surface area contributed by atoms with Crippen LogP contribution in [-0.2, 0) is 18.3 Å². The Bertz CT molecular complexity index is 573. The van der Waals surface area contributed by atoms with Crippen LogP contribution in [0.15, 0.2) is 23.7 Å². The molecule has 0 aliphatic carbocycles. The first kappa shape index (κ1) is 16.2. The molecule has 0 fully saturated rings. The third-order valence-corrected chi connectivity index (χ3v) is 4.70. The van der Waals surface area contributed by atoms with Crippen molar-refractivity contribution < 1.29 is 5.11 Å². The summed E-state index contributed by atoms with van der Waals surface area (Å²) in [7, 11) is 0. The maximum Gasteiger partial charge on any atom is 0.0950 e. The molecule has 2 aromatic rings. The number of benzene rings is 1. The van der Waals surface area contributed by atoms with Gasteiger partial charge in [-0.15, -0.1) is 11.3 Å². The highest BCUT2D eigenvalue weighted by molar-refractivity contribution is 7.09. The Morgan fingerprint density at radius 2 is 1.76 bits per heavy atom. The zero-order valence-corrected chi connectivity index (χ0v) is 14.4. The Balaban J connectivity index is 2.17. The van der Waals surface area contributed by atoms with E-state index in [0.717, 1.165) is 5.01 Å². The second kappa shape index (κ2) is 6.29. The van der Waals surface area contributed by atoms with E-state index in [1.165, 1.54) is 22.3 Å². The zero-order chi connectivity index (χ0) is 15.6. The van der Waals surface area contributed by atoms with Crippen LogP contribution < -0.4 is 0 Å². The lowest BCUT2D eigenvalue weighted by atomic mass is 9.83. The minimum Gasteiger partial charge on any atom is -0.392 e. The fourth-order valence-corrected chi connectivity index (χ4v) is 3.30. The summed E-state index contributed by atoms with van der Waals surface area (Å²) >= 11 is 1.60. The average molecular weight is 303 g/mol. The van der Waals surface area contributed by atoms with Gasteiger partial charge in [0.05, 0.1) is 11.1 Å². The first-order valence-electron chi connectivity index (χ1n) is 7.44.